The molecule has 0 aromatic carbocycles. The van der Waals surface area contributed by atoms with Crippen LogP contribution in [0.2, 0.25) is 0 Å². The smallest absolute Gasteiger partial charge is 0.480 e. The van der Waals surface area contributed by atoms with Gasteiger partial charge in [0.25, 0.3) is 0 Å². The third-order valence-corrected chi connectivity index (χ3v) is 1.99. The first-order valence-corrected chi connectivity index (χ1v) is 6.63. The minimum Gasteiger partial charge on any atom is -0.480 e. The van der Waals surface area contributed by atoms with Crippen molar-refractivity contribution < 1.29 is 60.9 Å². The van der Waals surface area contributed by atoms with Crippen LogP contribution in [-0.2, 0) is 19.2 Å². The van der Waals surface area contributed by atoms with Crippen molar-refractivity contribution in [1.82, 2.24) is 5.48 Å². The third kappa shape index (κ3) is 21.2. The highest BCUT2D eigenvalue weighted by Gasteiger charge is 2.38. The molecule has 0 saturated carbocycles. The Morgan fingerprint density at radius 1 is 1.00 bits per heavy atom. The number of alkyl halides is 6. The Balaban J connectivity index is -0.000000375. The van der Waals surface area contributed by atoms with Gasteiger partial charge in [0.05, 0.1) is 7.11 Å². The van der Waals surface area contributed by atoms with Crippen molar-refractivity contribution in [3.05, 3.63) is 0 Å². The highest BCUT2D eigenvalue weighted by molar-refractivity contribution is 5.75. The second-order valence-electron chi connectivity index (χ2n) is 4.27. The molecule has 0 aromatic heterocycles. The van der Waals surface area contributed by atoms with E-state index in [9.17, 15) is 31.1 Å². The highest BCUT2D eigenvalue weighted by atomic mass is 19.4. The number of nitrogens with one attached hydrogen (secondary N) is 1. The quantitative estimate of drug-likeness (QED) is 0.104. The van der Waals surface area contributed by atoms with E-state index in [4.69, 9.17) is 36.4 Å². The lowest BCUT2D eigenvalue weighted by molar-refractivity contribution is -0.193. The van der Waals surface area contributed by atoms with Gasteiger partial charge in [-0.25, -0.2) is 9.59 Å². The summed E-state index contributed by atoms with van der Waals surface area (Å²) >= 11 is 0. The summed E-state index contributed by atoms with van der Waals surface area (Å²) < 4.78 is 63.5. The molecule has 0 aliphatic carbocycles. The molecule has 0 saturated heterocycles. The second kappa shape index (κ2) is 14.3. The van der Waals surface area contributed by atoms with E-state index in [0.29, 0.717) is 19.4 Å². The summed E-state index contributed by atoms with van der Waals surface area (Å²) in [5.74, 6) is -6.46. The van der Waals surface area contributed by atoms with Crippen LogP contribution in [-0.4, -0.2) is 71.2 Å². The molecule has 0 rings (SSSR count). The number of aliphatic imine (C=N–C) groups is 1. The van der Waals surface area contributed by atoms with Gasteiger partial charge in [0.1, 0.15) is 6.04 Å². The summed E-state index contributed by atoms with van der Waals surface area (Å²) in [5.41, 5.74) is 12.6. The fourth-order valence-electron chi connectivity index (χ4n) is 0.879. The molecule has 11 nitrogen and oxygen atoms in total. The Hall–Kier alpha value is -2.82. The molecule has 0 fully saturated rings. The van der Waals surface area contributed by atoms with Crippen LogP contribution in [0.3, 0.4) is 0 Å². The normalized spacial score (nSPS) is 11.7. The minimum absolute atomic E-state index is 0.0107. The van der Waals surface area contributed by atoms with Crippen LogP contribution in [0.5, 0.6) is 0 Å². The van der Waals surface area contributed by atoms with Gasteiger partial charge < -0.3 is 31.6 Å². The van der Waals surface area contributed by atoms with Gasteiger partial charge in [0.15, 0.2) is 5.96 Å². The van der Waals surface area contributed by atoms with Gasteiger partial charge in [0.2, 0.25) is 0 Å². The lowest BCUT2D eigenvalue weighted by Gasteiger charge is -2.11. The number of carbonyl (C=O) groups is 3. The molecular weight excluding hydrogens is 414 g/mol. The third-order valence-electron chi connectivity index (χ3n) is 1.99. The molecule has 0 bridgehead atoms. The van der Waals surface area contributed by atoms with E-state index in [0.717, 1.165) is 0 Å². The first kappa shape index (κ1) is 29.9. The topological polar surface area (TPSA) is 198 Å². The van der Waals surface area contributed by atoms with Gasteiger partial charge in [-0.2, -0.15) is 31.8 Å². The Kier molecular flexibility index (Phi) is 15.2. The maximum atomic E-state index is 10.6. The van der Waals surface area contributed by atoms with Gasteiger partial charge in [-0.3, -0.25) is 9.79 Å². The average Bonchev–Trinajstić information content (AvgIpc) is 2.49. The molecular formula is C11H18F6N4O7. The lowest BCUT2D eigenvalue weighted by Crippen LogP contribution is -2.36. The monoisotopic (exact) mass is 432 g/mol. The van der Waals surface area contributed by atoms with Crippen molar-refractivity contribution in [3.63, 3.8) is 0 Å². The van der Waals surface area contributed by atoms with Crippen LogP contribution in [0, 0.1) is 0 Å². The molecule has 17 heteroatoms. The van der Waals surface area contributed by atoms with E-state index in [1.807, 2.05) is 0 Å². The Bertz CT molecular complexity index is 497. The number of carboxylic acids is 3. The van der Waals surface area contributed by atoms with Gasteiger partial charge >= 0.3 is 30.3 Å². The first-order chi connectivity index (χ1) is 12.5. The van der Waals surface area contributed by atoms with E-state index in [1.165, 1.54) is 7.11 Å². The number of carboxylic acid groups (broad SMARTS) is 3. The predicted octanol–water partition coefficient (Wildman–Crippen LogP) is -0.0892. The predicted molar refractivity (Wildman–Crippen MR) is 78.9 cm³/mol. The fourth-order valence-corrected chi connectivity index (χ4v) is 0.879. The number of halogens is 6. The molecule has 0 aliphatic rings. The summed E-state index contributed by atoms with van der Waals surface area (Å²) in [4.78, 5) is 36.6. The van der Waals surface area contributed by atoms with Crippen molar-refractivity contribution in [2.75, 3.05) is 13.7 Å². The maximum absolute atomic E-state index is 10.6. The van der Waals surface area contributed by atoms with Crippen molar-refractivity contribution in [1.29, 1.82) is 0 Å². The Labute approximate surface area is 152 Å². The van der Waals surface area contributed by atoms with Gasteiger partial charge in [0, 0.05) is 6.54 Å². The zero-order valence-electron chi connectivity index (χ0n) is 14.0. The standard InChI is InChI=1S/C7H16N4O3.2C2HF3O2/c1-14-11-5(6(12)13)3-2-4-10-7(8)9;2*3-2(4,5)1(6)7/h5,11H,2-4H2,1H3,(H,12,13)(H4,8,9,10);2*(H,6,7)/t5-;;/m0../s1. The molecule has 8 N–H and O–H groups in total. The second-order valence-corrected chi connectivity index (χ2v) is 4.27. The van der Waals surface area contributed by atoms with Gasteiger partial charge in [-0.1, -0.05) is 0 Å². The van der Waals surface area contributed by atoms with Crippen LogP contribution in [0.25, 0.3) is 0 Å². The molecule has 166 valence electrons. The average molecular weight is 432 g/mol. The molecule has 0 amide bonds. The van der Waals surface area contributed by atoms with Crippen molar-refractivity contribution in [3.8, 4) is 0 Å². The summed E-state index contributed by atoms with van der Waals surface area (Å²) in [6.45, 7) is 0.414. The summed E-state index contributed by atoms with van der Waals surface area (Å²) in [6.07, 6.45) is -9.19. The zero-order chi connectivity index (χ0) is 23.1. The van der Waals surface area contributed by atoms with E-state index in [2.05, 4.69) is 15.3 Å². The Morgan fingerprint density at radius 3 is 1.57 bits per heavy atom. The van der Waals surface area contributed by atoms with E-state index in [1.54, 1.807) is 0 Å². The Morgan fingerprint density at radius 2 is 1.36 bits per heavy atom. The first-order valence-electron chi connectivity index (χ1n) is 6.63. The maximum Gasteiger partial charge on any atom is 0.490 e. The number of nitrogens with zero attached hydrogens (tertiary/aromatic N) is 1. The van der Waals surface area contributed by atoms with E-state index < -0.39 is 36.3 Å². The van der Waals surface area contributed by atoms with Crippen molar-refractivity contribution >= 4 is 23.9 Å². The van der Waals surface area contributed by atoms with Crippen molar-refractivity contribution in [2.45, 2.75) is 31.2 Å². The molecule has 28 heavy (non-hydrogen) atoms. The van der Waals surface area contributed by atoms with Crippen LogP contribution in [0.1, 0.15) is 12.8 Å². The molecule has 1 atom stereocenters. The summed E-state index contributed by atoms with van der Waals surface area (Å²) in [7, 11) is 1.37. The number of nitrogens with two attached hydrogens (primary N) is 2. The van der Waals surface area contributed by atoms with Crippen molar-refractivity contribution in [2.24, 2.45) is 16.5 Å². The molecule has 0 spiro atoms. The number of hydroxylamine groups is 1. The molecule has 0 aliphatic heterocycles. The van der Waals surface area contributed by atoms with Gasteiger partial charge in [-0.05, 0) is 12.8 Å². The van der Waals surface area contributed by atoms with E-state index in [-0.39, 0.29) is 5.96 Å². The van der Waals surface area contributed by atoms with Crippen LogP contribution in [0.15, 0.2) is 4.99 Å². The fraction of sp³-hybridized carbons (Fsp3) is 0.636. The zero-order valence-corrected chi connectivity index (χ0v) is 14.0. The number of hydrogen-bond donors (Lipinski definition) is 6. The van der Waals surface area contributed by atoms with Crippen LogP contribution >= 0.6 is 0 Å². The summed E-state index contributed by atoms with van der Waals surface area (Å²) in [5, 5.41) is 22.9. The number of rotatable bonds is 7. The highest BCUT2D eigenvalue weighted by Crippen LogP contribution is 2.13. The minimum atomic E-state index is -5.08. The van der Waals surface area contributed by atoms with Crippen LogP contribution in [0.4, 0.5) is 26.3 Å². The van der Waals surface area contributed by atoms with E-state index >= 15 is 0 Å². The number of guanidine groups is 1. The number of hydrogen-bond acceptors (Lipinski definition) is 6. The largest absolute Gasteiger partial charge is 0.490 e. The number of aliphatic carboxylic acids is 3. The van der Waals surface area contributed by atoms with Gasteiger partial charge in [-0.15, -0.1) is 0 Å². The summed E-state index contributed by atoms with van der Waals surface area (Å²) in [6, 6.07) is -0.728. The molecule has 0 unspecified atom stereocenters. The SMILES string of the molecule is CON[C@@H](CCCN=C(N)N)C(=O)O.O=C(O)C(F)(F)F.O=C(O)C(F)(F)F. The molecule has 0 aromatic rings. The molecule has 0 radical (unpaired) electrons. The lowest BCUT2D eigenvalue weighted by atomic mass is 10.2. The van der Waals surface area contributed by atoms with Crippen LogP contribution < -0.4 is 16.9 Å². The molecule has 0 heterocycles.